The highest BCUT2D eigenvalue weighted by molar-refractivity contribution is 8.07. The maximum absolute atomic E-state index is 4.52. The zero-order chi connectivity index (χ0) is 28.1. The standard InChI is InChI=1S/C25H52S13/c1-22(30)18-35-21-25(4-7-28)38-17-15-32-11-13-34-20-24(3-6-27)37-16-14-31-10-12-33-19-23(2-5-26)36-9-8-29/h22-30H,2-21H2,1H3. The van der Waals surface area contributed by atoms with Crippen LogP contribution in [0.1, 0.15) is 26.2 Å². The molecule has 0 aliphatic carbocycles. The molecule has 0 saturated carbocycles. The van der Waals surface area contributed by atoms with Crippen LogP contribution in [0.4, 0.5) is 0 Å². The third kappa shape index (κ3) is 30.6. The molecule has 4 atom stereocenters. The van der Waals surface area contributed by atoms with Crippen molar-refractivity contribution >= 4 is 157 Å². The van der Waals surface area contributed by atoms with Crippen LogP contribution in [0, 0.1) is 0 Å². The number of hydrogen-bond donors (Lipinski definition) is 5. The predicted octanol–water partition coefficient (Wildman–Crippen LogP) is 9.17. The molecule has 0 spiro atoms. The third-order valence-electron chi connectivity index (χ3n) is 4.97. The average Bonchev–Trinajstić information content (AvgIpc) is 2.89. The molecule has 0 aliphatic heterocycles. The van der Waals surface area contributed by atoms with Crippen molar-refractivity contribution in [1.82, 2.24) is 0 Å². The fourth-order valence-corrected chi connectivity index (χ4v) is 15.3. The molecule has 0 rings (SSSR count). The Hall–Kier alpha value is 4.55. The quantitative estimate of drug-likeness (QED) is 0.0346. The molecule has 0 saturated heterocycles. The second-order valence-electron chi connectivity index (χ2n) is 8.50. The first-order valence-corrected chi connectivity index (χ1v) is 25.4. The molecule has 0 aromatic heterocycles. The van der Waals surface area contributed by atoms with Crippen LogP contribution in [0.3, 0.4) is 0 Å². The maximum Gasteiger partial charge on any atom is 0.0146 e. The van der Waals surface area contributed by atoms with Crippen LogP contribution >= 0.6 is 157 Å². The van der Waals surface area contributed by atoms with Crippen LogP contribution in [0.15, 0.2) is 0 Å². The normalized spacial score (nSPS) is 15.0. The molecular weight excluding hydrogens is 717 g/mol. The van der Waals surface area contributed by atoms with E-state index in [1.807, 2.05) is 0 Å². The molecule has 230 valence electrons. The van der Waals surface area contributed by atoms with Crippen molar-refractivity contribution in [3.05, 3.63) is 0 Å². The lowest BCUT2D eigenvalue weighted by Crippen LogP contribution is -2.11. The van der Waals surface area contributed by atoms with Gasteiger partial charge in [-0.1, -0.05) is 6.92 Å². The Kier molecular flexibility index (Phi) is 38.5. The molecular formula is C25H52S13. The van der Waals surface area contributed by atoms with Crippen molar-refractivity contribution in [2.75, 3.05) is 97.8 Å². The van der Waals surface area contributed by atoms with Crippen LogP contribution in [0.5, 0.6) is 0 Å². The van der Waals surface area contributed by atoms with Gasteiger partial charge in [-0.3, -0.25) is 0 Å². The molecule has 4 unspecified atom stereocenters. The minimum atomic E-state index is 0.493. The lowest BCUT2D eigenvalue weighted by Gasteiger charge is -2.16. The molecule has 0 aliphatic rings. The van der Waals surface area contributed by atoms with Gasteiger partial charge in [0.15, 0.2) is 0 Å². The number of thioether (sulfide) groups is 8. The molecule has 0 N–H and O–H groups in total. The summed E-state index contributed by atoms with van der Waals surface area (Å²) in [5, 5.41) is 2.75. The van der Waals surface area contributed by atoms with Crippen molar-refractivity contribution in [2.45, 2.75) is 47.2 Å². The minimum Gasteiger partial charge on any atom is -0.179 e. The van der Waals surface area contributed by atoms with E-state index in [9.17, 15) is 0 Å². The molecule has 0 radical (unpaired) electrons. The van der Waals surface area contributed by atoms with E-state index >= 15 is 0 Å². The Bertz CT molecular complexity index is 459. The topological polar surface area (TPSA) is 0 Å². The van der Waals surface area contributed by atoms with Crippen molar-refractivity contribution in [3.8, 4) is 0 Å². The summed E-state index contributed by atoms with van der Waals surface area (Å²) < 4.78 is 0. The van der Waals surface area contributed by atoms with Gasteiger partial charge in [-0.15, -0.1) is 0 Å². The first-order chi connectivity index (χ1) is 18.6. The predicted molar refractivity (Wildman–Crippen MR) is 223 cm³/mol. The van der Waals surface area contributed by atoms with Crippen LogP contribution in [-0.4, -0.2) is 119 Å². The number of rotatable bonds is 31. The lowest BCUT2D eigenvalue weighted by atomic mass is 10.4. The van der Waals surface area contributed by atoms with Gasteiger partial charge < -0.3 is 0 Å². The molecule has 0 bridgehead atoms. The first-order valence-electron chi connectivity index (χ1n) is 13.4. The highest BCUT2D eigenvalue weighted by Crippen LogP contribution is 2.25. The molecule has 0 nitrogen and oxygen atoms in total. The van der Waals surface area contributed by atoms with E-state index in [0.717, 1.165) is 50.3 Å². The van der Waals surface area contributed by atoms with Crippen LogP contribution in [0.25, 0.3) is 0 Å². The highest BCUT2D eigenvalue weighted by atomic mass is 32.2. The van der Waals surface area contributed by atoms with E-state index in [4.69, 9.17) is 0 Å². The van der Waals surface area contributed by atoms with Gasteiger partial charge in [-0.2, -0.15) is 157 Å². The zero-order valence-corrected chi connectivity index (χ0v) is 34.0. The minimum absolute atomic E-state index is 0.493. The van der Waals surface area contributed by atoms with Crippen LogP contribution < -0.4 is 0 Å². The van der Waals surface area contributed by atoms with Gasteiger partial charge in [-0.05, 0) is 42.3 Å². The Balaban J connectivity index is 3.74. The van der Waals surface area contributed by atoms with Gasteiger partial charge in [0.1, 0.15) is 0 Å². The Morgan fingerprint density at radius 2 is 0.789 bits per heavy atom. The summed E-state index contributed by atoms with van der Waals surface area (Å²) in [6.07, 6.45) is 3.67. The van der Waals surface area contributed by atoms with Crippen molar-refractivity contribution in [1.29, 1.82) is 0 Å². The Morgan fingerprint density at radius 3 is 1.18 bits per heavy atom. The van der Waals surface area contributed by atoms with E-state index in [2.05, 4.69) is 164 Å². The second-order valence-corrected chi connectivity index (χ2v) is 21.2. The smallest absolute Gasteiger partial charge is 0.0146 e. The molecule has 0 amide bonds. The van der Waals surface area contributed by atoms with E-state index in [1.54, 1.807) is 0 Å². The monoisotopic (exact) mass is 768 g/mol. The molecule has 0 fully saturated rings. The van der Waals surface area contributed by atoms with Gasteiger partial charge in [0.25, 0.3) is 0 Å². The summed E-state index contributed by atoms with van der Waals surface area (Å²) in [6.45, 7) is 2.18. The second kappa shape index (κ2) is 34.4. The van der Waals surface area contributed by atoms with E-state index in [1.165, 1.54) is 82.5 Å². The largest absolute Gasteiger partial charge is 0.179 e. The van der Waals surface area contributed by atoms with E-state index in [0.29, 0.717) is 5.25 Å². The third-order valence-corrected chi connectivity index (χ3v) is 17.9. The van der Waals surface area contributed by atoms with Crippen LogP contribution in [0.2, 0.25) is 0 Å². The summed E-state index contributed by atoms with van der Waals surface area (Å²) in [4.78, 5) is 0. The first kappa shape index (κ1) is 42.6. The highest BCUT2D eigenvalue weighted by Gasteiger charge is 2.11. The maximum atomic E-state index is 4.52. The lowest BCUT2D eigenvalue weighted by molar-refractivity contribution is 0.929. The average molecular weight is 770 g/mol. The Labute approximate surface area is 298 Å². The molecule has 38 heavy (non-hydrogen) atoms. The van der Waals surface area contributed by atoms with Gasteiger partial charge in [0.2, 0.25) is 0 Å². The zero-order valence-electron chi connectivity index (χ0n) is 23.0. The molecule has 0 heterocycles. The van der Waals surface area contributed by atoms with Gasteiger partial charge in [-0.25, -0.2) is 0 Å². The summed E-state index contributed by atoms with van der Waals surface area (Å²) in [7, 11) is 0. The van der Waals surface area contributed by atoms with Crippen molar-refractivity contribution in [2.24, 2.45) is 0 Å². The van der Waals surface area contributed by atoms with Crippen molar-refractivity contribution < 1.29 is 0 Å². The summed E-state index contributed by atoms with van der Waals surface area (Å²) >= 11 is 39.2. The van der Waals surface area contributed by atoms with Gasteiger partial charge in [0.05, 0.1) is 0 Å². The molecule has 13 heteroatoms. The van der Waals surface area contributed by atoms with E-state index < -0.39 is 0 Å². The van der Waals surface area contributed by atoms with Crippen LogP contribution in [-0.2, 0) is 0 Å². The summed E-state index contributed by atoms with van der Waals surface area (Å²) in [5.41, 5.74) is 0. The molecule has 0 aromatic carbocycles. The van der Waals surface area contributed by atoms with E-state index in [-0.39, 0.29) is 0 Å². The number of hydrogen-bond acceptors (Lipinski definition) is 13. The van der Waals surface area contributed by atoms with Crippen molar-refractivity contribution in [3.63, 3.8) is 0 Å². The summed E-state index contributed by atoms with van der Waals surface area (Å²) in [6, 6.07) is 0. The Morgan fingerprint density at radius 1 is 0.421 bits per heavy atom. The van der Waals surface area contributed by atoms with Gasteiger partial charge >= 0.3 is 0 Å². The fraction of sp³-hybridized carbons (Fsp3) is 1.00. The fourth-order valence-electron chi connectivity index (χ4n) is 3.08. The number of thiol groups is 5. The SMILES string of the molecule is CC(S)CSCC(CCS)SCCSCCSCC(CCS)SCCSCCSCC(CCS)SCCS. The van der Waals surface area contributed by atoms with Gasteiger partial charge in [0, 0.05) is 95.8 Å². The molecule has 0 aromatic rings. The summed E-state index contributed by atoms with van der Waals surface area (Å²) in [5.74, 6) is 20.3.